The highest BCUT2D eigenvalue weighted by molar-refractivity contribution is 5.66. The zero-order chi connectivity index (χ0) is 14.3. The zero-order valence-electron chi connectivity index (χ0n) is 12.3. The first kappa shape index (κ1) is 16.2. The van der Waals surface area contributed by atoms with Gasteiger partial charge in [0.2, 0.25) is 0 Å². The number of hydroxylamine groups is 1. The molecule has 1 atom stereocenters. The molecule has 1 saturated carbocycles. The van der Waals surface area contributed by atoms with Crippen LogP contribution >= 0.6 is 0 Å². The van der Waals surface area contributed by atoms with Gasteiger partial charge in [-0.3, -0.25) is 4.84 Å². The van der Waals surface area contributed by atoms with E-state index in [1.165, 1.54) is 12.8 Å². The van der Waals surface area contributed by atoms with Crippen LogP contribution in [0.25, 0.3) is 0 Å². The predicted octanol–water partition coefficient (Wildman–Crippen LogP) is 2.77. The van der Waals surface area contributed by atoms with Crippen LogP contribution in [-0.2, 0) is 9.57 Å². The van der Waals surface area contributed by atoms with E-state index in [-0.39, 0.29) is 12.7 Å². The van der Waals surface area contributed by atoms with E-state index in [1.807, 2.05) is 0 Å². The summed E-state index contributed by atoms with van der Waals surface area (Å²) in [4.78, 5) is 16.8. The summed E-state index contributed by atoms with van der Waals surface area (Å²) in [5.41, 5.74) is 1.74. The van der Waals surface area contributed by atoms with Gasteiger partial charge in [-0.25, -0.2) is 4.79 Å². The minimum atomic E-state index is -0.612. The highest BCUT2D eigenvalue weighted by Crippen LogP contribution is 2.26. The van der Waals surface area contributed by atoms with Crippen molar-refractivity contribution < 1.29 is 19.5 Å². The molecule has 0 spiro atoms. The number of carbonyl (C=O) groups is 1. The van der Waals surface area contributed by atoms with Crippen molar-refractivity contribution >= 4 is 6.09 Å². The Morgan fingerprint density at radius 1 is 1.26 bits per heavy atom. The number of hydrogen-bond acceptors (Lipinski definition) is 4. The van der Waals surface area contributed by atoms with Gasteiger partial charge in [-0.2, -0.15) is 5.48 Å². The Balaban J connectivity index is 2.37. The Kier molecular flexibility index (Phi) is 6.58. The Bertz CT molecular complexity index is 267. The molecule has 0 radical (unpaired) electrons. The highest BCUT2D eigenvalue weighted by Gasteiger charge is 2.25. The smallest absolute Gasteiger partial charge is 0.431 e. The summed E-state index contributed by atoms with van der Waals surface area (Å²) < 4.78 is 5.09. The van der Waals surface area contributed by atoms with Crippen LogP contribution in [0.2, 0.25) is 0 Å². The van der Waals surface area contributed by atoms with E-state index in [4.69, 9.17) is 9.57 Å². The van der Waals surface area contributed by atoms with Crippen LogP contribution in [0.5, 0.6) is 0 Å². The second-order valence-corrected chi connectivity index (χ2v) is 6.19. The minimum Gasteiger partial charge on any atom is -0.442 e. The zero-order valence-corrected chi connectivity index (χ0v) is 12.3. The molecule has 0 bridgehead atoms. The van der Waals surface area contributed by atoms with Crippen molar-refractivity contribution in [3.63, 3.8) is 0 Å². The van der Waals surface area contributed by atoms with Gasteiger partial charge in [-0.15, -0.1) is 0 Å². The number of hydrogen-bond donors (Lipinski definition) is 2. The topological polar surface area (TPSA) is 67.8 Å². The summed E-state index contributed by atoms with van der Waals surface area (Å²) in [5, 5.41) is 9.40. The van der Waals surface area contributed by atoms with Crippen molar-refractivity contribution in [1.29, 1.82) is 0 Å². The molecule has 1 aliphatic rings. The van der Waals surface area contributed by atoms with E-state index in [0.29, 0.717) is 5.92 Å². The Labute approximate surface area is 115 Å². The van der Waals surface area contributed by atoms with Crippen LogP contribution < -0.4 is 5.48 Å². The maximum atomic E-state index is 11.5. The quantitative estimate of drug-likeness (QED) is 0.610. The number of nitrogens with one attached hydrogen (secondary N) is 1. The molecule has 1 unspecified atom stereocenters. The normalized spacial score (nSPS) is 19.6. The Morgan fingerprint density at radius 2 is 1.84 bits per heavy atom. The van der Waals surface area contributed by atoms with Crippen LogP contribution in [0.3, 0.4) is 0 Å². The second kappa shape index (κ2) is 7.70. The lowest BCUT2D eigenvalue weighted by atomic mass is 9.94. The Morgan fingerprint density at radius 3 is 2.32 bits per heavy atom. The van der Waals surface area contributed by atoms with Crippen LogP contribution in [0.15, 0.2) is 0 Å². The number of carbonyl (C=O) groups excluding carboxylic acids is 1. The first-order valence-corrected chi connectivity index (χ1v) is 7.18. The van der Waals surface area contributed by atoms with Crippen molar-refractivity contribution in [3.8, 4) is 0 Å². The minimum absolute atomic E-state index is 0.0829. The maximum absolute atomic E-state index is 11.5. The molecule has 112 valence electrons. The summed E-state index contributed by atoms with van der Waals surface area (Å²) >= 11 is 0. The second-order valence-electron chi connectivity index (χ2n) is 6.19. The fourth-order valence-corrected chi connectivity index (χ4v) is 2.39. The number of aliphatic hydroxyl groups excluding tert-OH is 1. The van der Waals surface area contributed by atoms with E-state index >= 15 is 0 Å². The molecule has 0 aromatic carbocycles. The predicted molar refractivity (Wildman–Crippen MR) is 72.5 cm³/mol. The molecule has 0 heterocycles. The molecule has 5 heteroatoms. The number of rotatable bonds is 4. The molecule has 5 nitrogen and oxygen atoms in total. The number of aliphatic hydroxyl groups is 1. The molecular weight excluding hydrogens is 246 g/mol. The number of ether oxygens (including phenoxy) is 1. The molecule has 0 aromatic rings. The third-order valence-corrected chi connectivity index (χ3v) is 3.30. The molecule has 0 saturated heterocycles. The van der Waals surface area contributed by atoms with Crippen molar-refractivity contribution in [2.75, 3.05) is 6.61 Å². The van der Waals surface area contributed by atoms with E-state index < -0.39 is 11.7 Å². The van der Waals surface area contributed by atoms with Gasteiger partial charge in [-0.05, 0) is 39.5 Å². The number of amides is 1. The molecule has 0 aromatic heterocycles. The summed E-state index contributed by atoms with van der Waals surface area (Å²) in [5.74, 6) is 0.308. The standard InChI is InChI=1S/C14H27NO4/c1-14(2,3)18-13(17)15-19-12(10-16)11-8-6-4-5-7-9-11/h11-12,16H,4-10H2,1-3H3,(H,15,17). The van der Waals surface area contributed by atoms with Crippen molar-refractivity contribution in [3.05, 3.63) is 0 Å². The monoisotopic (exact) mass is 273 g/mol. The van der Waals surface area contributed by atoms with Gasteiger partial charge in [0, 0.05) is 0 Å². The summed E-state index contributed by atoms with van der Waals surface area (Å²) in [6.07, 6.45) is 5.95. The first-order valence-electron chi connectivity index (χ1n) is 7.18. The average Bonchev–Trinajstić information content (AvgIpc) is 2.56. The third kappa shape index (κ3) is 6.78. The highest BCUT2D eigenvalue weighted by atomic mass is 16.7. The van der Waals surface area contributed by atoms with Gasteiger partial charge < -0.3 is 9.84 Å². The van der Waals surface area contributed by atoms with E-state index in [0.717, 1.165) is 25.7 Å². The molecule has 2 N–H and O–H groups in total. The average molecular weight is 273 g/mol. The van der Waals surface area contributed by atoms with Crippen LogP contribution in [-0.4, -0.2) is 29.5 Å². The fraction of sp³-hybridized carbons (Fsp3) is 0.929. The van der Waals surface area contributed by atoms with Crippen molar-refractivity contribution in [2.45, 2.75) is 71.0 Å². The maximum Gasteiger partial charge on any atom is 0.431 e. The molecule has 0 aliphatic heterocycles. The van der Waals surface area contributed by atoms with Crippen LogP contribution in [0.1, 0.15) is 59.3 Å². The molecular formula is C14H27NO4. The van der Waals surface area contributed by atoms with Crippen LogP contribution in [0.4, 0.5) is 4.79 Å². The van der Waals surface area contributed by atoms with Crippen molar-refractivity contribution in [2.24, 2.45) is 5.92 Å². The lowest BCUT2D eigenvalue weighted by Crippen LogP contribution is -2.39. The third-order valence-electron chi connectivity index (χ3n) is 3.30. The van der Waals surface area contributed by atoms with Gasteiger partial charge in [0.1, 0.15) is 11.7 Å². The lowest BCUT2D eigenvalue weighted by molar-refractivity contribution is -0.0842. The molecule has 1 fully saturated rings. The first-order chi connectivity index (χ1) is 8.92. The molecule has 1 rings (SSSR count). The van der Waals surface area contributed by atoms with Gasteiger partial charge >= 0.3 is 6.09 Å². The van der Waals surface area contributed by atoms with E-state index in [2.05, 4.69) is 5.48 Å². The SMILES string of the molecule is CC(C)(C)OC(=O)NOC(CO)C1CCCCCC1. The largest absolute Gasteiger partial charge is 0.442 e. The lowest BCUT2D eigenvalue weighted by Gasteiger charge is -2.25. The fourth-order valence-electron chi connectivity index (χ4n) is 2.39. The van der Waals surface area contributed by atoms with Crippen molar-refractivity contribution in [1.82, 2.24) is 5.48 Å². The van der Waals surface area contributed by atoms with Gasteiger partial charge in [0.15, 0.2) is 0 Å². The van der Waals surface area contributed by atoms with E-state index in [9.17, 15) is 9.90 Å². The summed E-state index contributed by atoms with van der Waals surface area (Å²) in [6, 6.07) is 0. The summed E-state index contributed by atoms with van der Waals surface area (Å²) in [7, 11) is 0. The van der Waals surface area contributed by atoms with E-state index in [1.54, 1.807) is 20.8 Å². The summed E-state index contributed by atoms with van der Waals surface area (Å²) in [6.45, 7) is 5.30. The molecule has 1 aliphatic carbocycles. The van der Waals surface area contributed by atoms with Gasteiger partial charge in [0.25, 0.3) is 0 Å². The Hall–Kier alpha value is -0.810. The molecule has 19 heavy (non-hydrogen) atoms. The van der Waals surface area contributed by atoms with Gasteiger partial charge in [0.05, 0.1) is 6.61 Å². The van der Waals surface area contributed by atoms with Gasteiger partial charge in [-0.1, -0.05) is 25.7 Å². The van der Waals surface area contributed by atoms with Crippen LogP contribution in [0, 0.1) is 5.92 Å². The molecule has 1 amide bonds.